The summed E-state index contributed by atoms with van der Waals surface area (Å²) in [4.78, 5) is 14.1. The van der Waals surface area contributed by atoms with Crippen molar-refractivity contribution < 1.29 is 4.74 Å². The maximum atomic E-state index is 5.49. The minimum Gasteiger partial charge on any atom is -0.378 e. The summed E-state index contributed by atoms with van der Waals surface area (Å²) in [6, 6.07) is 2.11. The first-order chi connectivity index (χ1) is 13.0. The summed E-state index contributed by atoms with van der Waals surface area (Å²) in [5, 5.41) is 6.98. The molecule has 8 heteroatoms. The average molecular weight is 393 g/mol. The molecule has 0 amide bonds. The lowest BCUT2D eigenvalue weighted by atomic mass is 10.0. The molecule has 3 heterocycles. The number of thiocarbonyl (C=S) groups is 1. The fourth-order valence-electron chi connectivity index (χ4n) is 3.43. The van der Waals surface area contributed by atoms with Crippen molar-refractivity contribution in [3.05, 3.63) is 6.07 Å². The van der Waals surface area contributed by atoms with Crippen LogP contribution in [-0.2, 0) is 4.74 Å². The topological polar surface area (TPSA) is 65.6 Å². The Kier molecular flexibility index (Phi) is 7.07. The highest BCUT2D eigenvalue weighted by atomic mass is 32.1. The van der Waals surface area contributed by atoms with E-state index in [1.54, 1.807) is 0 Å². The number of hydrogen-bond donors (Lipinski definition) is 2. The Bertz CT molecular complexity index is 635. The fraction of sp³-hybridized carbons (Fsp3) is 0.737. The number of hydrogen-bond acceptors (Lipinski definition) is 6. The molecular weight excluding hydrogens is 360 g/mol. The van der Waals surface area contributed by atoms with Crippen LogP contribution in [0.5, 0.6) is 0 Å². The van der Waals surface area contributed by atoms with Gasteiger partial charge < -0.3 is 25.2 Å². The minimum absolute atomic E-state index is 0.524. The summed E-state index contributed by atoms with van der Waals surface area (Å²) in [5.74, 6) is 3.69. The first-order valence-electron chi connectivity index (χ1n) is 10.0. The molecule has 27 heavy (non-hydrogen) atoms. The largest absolute Gasteiger partial charge is 0.378 e. The van der Waals surface area contributed by atoms with Gasteiger partial charge in [-0.1, -0.05) is 20.8 Å². The molecule has 0 radical (unpaired) electrons. The lowest BCUT2D eigenvalue weighted by Gasteiger charge is -2.33. The van der Waals surface area contributed by atoms with Gasteiger partial charge in [0.1, 0.15) is 11.6 Å². The Hall–Kier alpha value is -1.67. The van der Waals surface area contributed by atoms with Crippen LogP contribution in [0.25, 0.3) is 0 Å². The molecule has 0 unspecified atom stereocenters. The van der Waals surface area contributed by atoms with Crippen molar-refractivity contribution in [2.75, 3.05) is 61.1 Å². The molecule has 7 nitrogen and oxygen atoms in total. The lowest BCUT2D eigenvalue weighted by molar-refractivity contribution is 0.122. The van der Waals surface area contributed by atoms with Crippen LogP contribution in [0.15, 0.2) is 6.07 Å². The Morgan fingerprint density at radius 2 is 1.93 bits per heavy atom. The van der Waals surface area contributed by atoms with Crippen LogP contribution >= 0.6 is 12.2 Å². The molecule has 150 valence electrons. The van der Waals surface area contributed by atoms with E-state index in [0.717, 1.165) is 57.6 Å². The molecule has 0 spiro atoms. The molecule has 1 aromatic rings. The highest BCUT2D eigenvalue weighted by Crippen LogP contribution is 2.26. The number of morpholine rings is 1. The average Bonchev–Trinajstić information content (AvgIpc) is 2.67. The van der Waals surface area contributed by atoms with E-state index in [4.69, 9.17) is 26.9 Å². The maximum Gasteiger partial charge on any atom is 0.232 e. The van der Waals surface area contributed by atoms with E-state index in [-0.39, 0.29) is 0 Å². The standard InChI is InChI=1S/C19H32N6OS/c1-14(2)12-20-19(27)23-18-21-16(24-7-9-26-10-8-24)11-17(22-18)25-6-4-5-15(3)13-25/h11,14-15H,4-10,12-13H2,1-3H3,(H2,20,21,22,23,27)/t15-/m0/s1. The van der Waals surface area contributed by atoms with Gasteiger partial charge in [0.15, 0.2) is 5.11 Å². The summed E-state index contributed by atoms with van der Waals surface area (Å²) in [5.41, 5.74) is 0. The summed E-state index contributed by atoms with van der Waals surface area (Å²) < 4.78 is 5.49. The number of aromatic nitrogens is 2. The zero-order chi connectivity index (χ0) is 19.2. The molecular formula is C19H32N6OS. The Morgan fingerprint density at radius 3 is 2.59 bits per heavy atom. The van der Waals surface area contributed by atoms with E-state index in [1.807, 2.05) is 0 Å². The van der Waals surface area contributed by atoms with E-state index < -0.39 is 0 Å². The zero-order valence-corrected chi connectivity index (χ0v) is 17.5. The predicted molar refractivity (Wildman–Crippen MR) is 115 cm³/mol. The number of nitrogens with zero attached hydrogens (tertiary/aromatic N) is 4. The van der Waals surface area contributed by atoms with Gasteiger partial charge in [-0.3, -0.25) is 0 Å². The first-order valence-corrected chi connectivity index (χ1v) is 10.4. The van der Waals surface area contributed by atoms with E-state index in [0.29, 0.717) is 22.9 Å². The highest BCUT2D eigenvalue weighted by Gasteiger charge is 2.21. The van der Waals surface area contributed by atoms with Gasteiger partial charge in [0, 0.05) is 38.8 Å². The molecule has 1 atom stereocenters. The van der Waals surface area contributed by atoms with E-state index in [2.05, 4.69) is 47.3 Å². The molecule has 1 aromatic heterocycles. The maximum absolute atomic E-state index is 5.49. The van der Waals surface area contributed by atoms with Crippen LogP contribution in [0.1, 0.15) is 33.6 Å². The Labute approximate surface area is 167 Å². The molecule has 0 saturated carbocycles. The van der Waals surface area contributed by atoms with Gasteiger partial charge >= 0.3 is 0 Å². The number of anilines is 3. The van der Waals surface area contributed by atoms with Crippen molar-refractivity contribution in [2.45, 2.75) is 33.6 Å². The van der Waals surface area contributed by atoms with Crippen LogP contribution in [0.3, 0.4) is 0 Å². The normalized spacial score (nSPS) is 20.7. The molecule has 2 fully saturated rings. The number of piperidine rings is 1. The molecule has 2 N–H and O–H groups in total. The lowest BCUT2D eigenvalue weighted by Crippen LogP contribution is -2.38. The summed E-state index contributed by atoms with van der Waals surface area (Å²) in [6.07, 6.45) is 2.49. The fourth-order valence-corrected chi connectivity index (χ4v) is 3.61. The van der Waals surface area contributed by atoms with Gasteiger partial charge in [0.25, 0.3) is 0 Å². The second kappa shape index (κ2) is 9.50. The van der Waals surface area contributed by atoms with E-state index in [9.17, 15) is 0 Å². The summed E-state index contributed by atoms with van der Waals surface area (Å²) in [6.45, 7) is 12.7. The van der Waals surface area contributed by atoms with E-state index in [1.165, 1.54) is 12.8 Å². The van der Waals surface area contributed by atoms with Crippen molar-refractivity contribution in [3.63, 3.8) is 0 Å². The molecule has 0 aliphatic carbocycles. The highest BCUT2D eigenvalue weighted by molar-refractivity contribution is 7.80. The van der Waals surface area contributed by atoms with Gasteiger partial charge in [-0.2, -0.15) is 9.97 Å². The van der Waals surface area contributed by atoms with Crippen molar-refractivity contribution in [3.8, 4) is 0 Å². The smallest absolute Gasteiger partial charge is 0.232 e. The Balaban J connectivity index is 1.80. The van der Waals surface area contributed by atoms with Crippen LogP contribution < -0.4 is 20.4 Å². The predicted octanol–water partition coefficient (Wildman–Crippen LogP) is 2.49. The molecule has 3 rings (SSSR count). The van der Waals surface area contributed by atoms with Crippen LogP contribution in [-0.4, -0.2) is 61.0 Å². The molecule has 0 bridgehead atoms. The third-order valence-corrected chi connectivity index (χ3v) is 5.16. The molecule has 2 saturated heterocycles. The van der Waals surface area contributed by atoms with E-state index >= 15 is 0 Å². The molecule has 2 aliphatic heterocycles. The third-order valence-electron chi connectivity index (χ3n) is 4.91. The van der Waals surface area contributed by atoms with Crippen LogP contribution in [0.2, 0.25) is 0 Å². The summed E-state index contributed by atoms with van der Waals surface area (Å²) >= 11 is 5.42. The molecule has 2 aliphatic rings. The van der Waals surface area contributed by atoms with Gasteiger partial charge in [-0.25, -0.2) is 0 Å². The second-order valence-electron chi connectivity index (χ2n) is 7.93. The number of rotatable bonds is 5. The first kappa shape index (κ1) is 20.1. The third kappa shape index (κ3) is 5.90. The SMILES string of the molecule is CC(C)CNC(=S)Nc1nc(N2CCOCC2)cc(N2CCC[C@H](C)C2)n1. The number of ether oxygens (including phenoxy) is 1. The minimum atomic E-state index is 0.524. The van der Waals surface area contributed by atoms with Crippen molar-refractivity contribution >= 4 is 34.9 Å². The van der Waals surface area contributed by atoms with Gasteiger partial charge in [0.2, 0.25) is 5.95 Å². The van der Waals surface area contributed by atoms with Crippen molar-refractivity contribution in [1.82, 2.24) is 15.3 Å². The van der Waals surface area contributed by atoms with Crippen molar-refractivity contribution in [2.24, 2.45) is 11.8 Å². The summed E-state index contributed by atoms with van der Waals surface area (Å²) in [7, 11) is 0. The second-order valence-corrected chi connectivity index (χ2v) is 8.34. The number of nitrogens with one attached hydrogen (secondary N) is 2. The van der Waals surface area contributed by atoms with Crippen molar-refractivity contribution in [1.29, 1.82) is 0 Å². The van der Waals surface area contributed by atoms with Gasteiger partial charge in [-0.15, -0.1) is 0 Å². The quantitative estimate of drug-likeness (QED) is 0.741. The van der Waals surface area contributed by atoms with Gasteiger partial charge in [0.05, 0.1) is 13.2 Å². The zero-order valence-electron chi connectivity index (χ0n) is 16.7. The van der Waals surface area contributed by atoms with Crippen LogP contribution in [0.4, 0.5) is 17.6 Å². The monoisotopic (exact) mass is 392 g/mol. The Morgan fingerprint density at radius 1 is 1.22 bits per heavy atom. The molecule has 0 aromatic carbocycles. The van der Waals surface area contributed by atoms with Gasteiger partial charge in [-0.05, 0) is 36.9 Å². The van der Waals surface area contributed by atoms with Crippen LogP contribution in [0, 0.1) is 11.8 Å².